The van der Waals surface area contributed by atoms with Gasteiger partial charge in [0.25, 0.3) is 0 Å². The molecule has 0 radical (unpaired) electrons. The number of halogens is 1. The van der Waals surface area contributed by atoms with Gasteiger partial charge in [-0.3, -0.25) is 9.59 Å². The Hall–Kier alpha value is -2.89. The molecule has 160 valence electrons. The zero-order chi connectivity index (χ0) is 21.6. The van der Waals surface area contributed by atoms with Crippen molar-refractivity contribution in [2.24, 2.45) is 11.1 Å². The van der Waals surface area contributed by atoms with E-state index in [1.807, 2.05) is 42.2 Å². The number of nitrogens with zero attached hydrogens (tertiary/aromatic N) is 1. The lowest BCUT2D eigenvalue weighted by molar-refractivity contribution is -0.136. The van der Waals surface area contributed by atoms with E-state index in [2.05, 4.69) is 0 Å². The Labute approximate surface area is 177 Å². The van der Waals surface area contributed by atoms with Crippen LogP contribution in [0.3, 0.4) is 0 Å². The van der Waals surface area contributed by atoms with Gasteiger partial charge in [-0.15, -0.1) is 0 Å². The fourth-order valence-corrected chi connectivity index (χ4v) is 4.17. The summed E-state index contributed by atoms with van der Waals surface area (Å²) >= 11 is 0. The summed E-state index contributed by atoms with van der Waals surface area (Å²) < 4.78 is 19.0. The van der Waals surface area contributed by atoms with E-state index in [-0.39, 0.29) is 30.0 Å². The first-order chi connectivity index (χ1) is 14.4. The highest BCUT2D eigenvalue weighted by Crippen LogP contribution is 2.37. The second-order valence-corrected chi connectivity index (χ2v) is 8.08. The number of primary amides is 1. The maximum atomic E-state index is 13.1. The topological polar surface area (TPSA) is 72.6 Å². The van der Waals surface area contributed by atoms with Gasteiger partial charge >= 0.3 is 0 Å². The molecule has 2 N–H and O–H groups in total. The zero-order valence-corrected chi connectivity index (χ0v) is 17.4. The van der Waals surface area contributed by atoms with E-state index in [9.17, 15) is 14.0 Å². The minimum atomic E-state index is -0.425. The number of amides is 2. The van der Waals surface area contributed by atoms with Crippen LogP contribution in [0.2, 0.25) is 0 Å². The van der Waals surface area contributed by atoms with E-state index >= 15 is 0 Å². The maximum Gasteiger partial charge on any atom is 0.230 e. The van der Waals surface area contributed by atoms with Gasteiger partial charge in [0.05, 0.1) is 12.5 Å². The predicted molar refractivity (Wildman–Crippen MR) is 113 cm³/mol. The van der Waals surface area contributed by atoms with E-state index in [0.717, 1.165) is 12.0 Å². The SMILES string of the molecule is CC[C@@H](C(=O)N1CCC(COc2ccc(F)cc2)(CC(N)=O)CC1)c1ccccc1. The summed E-state index contributed by atoms with van der Waals surface area (Å²) in [6.45, 7) is 3.44. The molecule has 3 rings (SSSR count). The molecule has 1 heterocycles. The summed E-state index contributed by atoms with van der Waals surface area (Å²) in [4.78, 5) is 26.7. The highest BCUT2D eigenvalue weighted by molar-refractivity contribution is 5.84. The lowest BCUT2D eigenvalue weighted by Gasteiger charge is -2.42. The van der Waals surface area contributed by atoms with Gasteiger partial charge in [0.2, 0.25) is 11.8 Å². The van der Waals surface area contributed by atoms with Crippen molar-refractivity contribution in [1.29, 1.82) is 0 Å². The third-order valence-electron chi connectivity index (χ3n) is 5.95. The van der Waals surface area contributed by atoms with Crippen LogP contribution in [0.1, 0.15) is 44.1 Å². The Kier molecular flexibility index (Phi) is 7.08. The average molecular weight is 413 g/mol. The van der Waals surface area contributed by atoms with Gasteiger partial charge in [0.15, 0.2) is 0 Å². The first-order valence-electron chi connectivity index (χ1n) is 10.4. The summed E-state index contributed by atoms with van der Waals surface area (Å²) in [5, 5.41) is 0. The quantitative estimate of drug-likeness (QED) is 0.715. The first kappa shape index (κ1) is 21.8. The molecule has 1 saturated heterocycles. The van der Waals surface area contributed by atoms with Crippen LogP contribution < -0.4 is 10.5 Å². The molecule has 0 unspecified atom stereocenters. The lowest BCUT2D eigenvalue weighted by Crippen LogP contribution is -2.48. The highest BCUT2D eigenvalue weighted by Gasteiger charge is 2.39. The van der Waals surface area contributed by atoms with Gasteiger partial charge in [-0.1, -0.05) is 37.3 Å². The van der Waals surface area contributed by atoms with E-state index in [1.54, 1.807) is 12.1 Å². The Morgan fingerprint density at radius 1 is 1.10 bits per heavy atom. The van der Waals surface area contributed by atoms with E-state index in [4.69, 9.17) is 10.5 Å². The number of hydrogen-bond donors (Lipinski definition) is 1. The summed E-state index contributed by atoms with van der Waals surface area (Å²) in [6.07, 6.45) is 2.20. The van der Waals surface area contributed by atoms with E-state index in [1.165, 1.54) is 12.1 Å². The van der Waals surface area contributed by atoms with Gasteiger partial charge in [-0.05, 0) is 49.1 Å². The Balaban J connectivity index is 1.66. The molecule has 2 aromatic carbocycles. The van der Waals surface area contributed by atoms with Crippen LogP contribution in [0.5, 0.6) is 5.75 Å². The largest absolute Gasteiger partial charge is 0.493 e. The van der Waals surface area contributed by atoms with E-state index in [0.29, 0.717) is 38.3 Å². The van der Waals surface area contributed by atoms with Crippen LogP contribution in [0.15, 0.2) is 54.6 Å². The van der Waals surface area contributed by atoms with Crippen LogP contribution in [0.4, 0.5) is 4.39 Å². The second-order valence-electron chi connectivity index (χ2n) is 8.08. The van der Waals surface area contributed by atoms with Crippen LogP contribution in [0.25, 0.3) is 0 Å². The molecule has 1 aliphatic rings. The fourth-order valence-electron chi connectivity index (χ4n) is 4.17. The zero-order valence-electron chi connectivity index (χ0n) is 17.4. The molecule has 6 heteroatoms. The summed E-state index contributed by atoms with van der Waals surface area (Å²) in [6, 6.07) is 15.6. The number of nitrogens with two attached hydrogens (primary N) is 1. The third kappa shape index (κ3) is 5.38. The minimum absolute atomic E-state index is 0.121. The van der Waals surface area contributed by atoms with Crippen molar-refractivity contribution in [1.82, 2.24) is 4.90 Å². The van der Waals surface area contributed by atoms with Gasteiger partial charge in [-0.25, -0.2) is 4.39 Å². The van der Waals surface area contributed by atoms with Crippen molar-refractivity contribution < 1.29 is 18.7 Å². The number of likely N-dealkylation sites (tertiary alicyclic amines) is 1. The molecule has 0 spiro atoms. The minimum Gasteiger partial charge on any atom is -0.493 e. The number of hydrogen-bond acceptors (Lipinski definition) is 3. The molecule has 0 aromatic heterocycles. The smallest absolute Gasteiger partial charge is 0.230 e. The number of benzene rings is 2. The highest BCUT2D eigenvalue weighted by atomic mass is 19.1. The Morgan fingerprint density at radius 2 is 1.73 bits per heavy atom. The van der Waals surface area contributed by atoms with Gasteiger partial charge in [0.1, 0.15) is 11.6 Å². The van der Waals surface area contributed by atoms with Crippen LogP contribution in [0, 0.1) is 11.2 Å². The van der Waals surface area contributed by atoms with Crippen molar-refractivity contribution >= 4 is 11.8 Å². The summed E-state index contributed by atoms with van der Waals surface area (Å²) in [5.41, 5.74) is 6.11. The van der Waals surface area contributed by atoms with Gasteiger partial charge in [0, 0.05) is 24.9 Å². The fraction of sp³-hybridized carbons (Fsp3) is 0.417. The van der Waals surface area contributed by atoms with Crippen molar-refractivity contribution in [3.8, 4) is 5.75 Å². The molecule has 1 atom stereocenters. The van der Waals surface area contributed by atoms with Gasteiger partial charge < -0.3 is 15.4 Å². The number of carbonyl (C=O) groups excluding carboxylic acids is 2. The first-order valence-corrected chi connectivity index (χ1v) is 10.4. The van der Waals surface area contributed by atoms with E-state index < -0.39 is 5.41 Å². The molecule has 1 aliphatic heterocycles. The average Bonchev–Trinajstić information content (AvgIpc) is 2.75. The number of ether oxygens (including phenoxy) is 1. The monoisotopic (exact) mass is 412 g/mol. The molecular weight excluding hydrogens is 383 g/mol. The third-order valence-corrected chi connectivity index (χ3v) is 5.95. The molecule has 0 bridgehead atoms. The van der Waals surface area contributed by atoms with Crippen molar-refractivity contribution in [2.75, 3.05) is 19.7 Å². The molecule has 5 nitrogen and oxygen atoms in total. The molecule has 1 fully saturated rings. The van der Waals surface area contributed by atoms with Crippen molar-refractivity contribution in [3.05, 3.63) is 66.0 Å². The molecular formula is C24H29FN2O3. The summed E-state index contributed by atoms with van der Waals surface area (Å²) in [7, 11) is 0. The normalized spacial score (nSPS) is 16.7. The second kappa shape index (κ2) is 9.74. The molecule has 0 saturated carbocycles. The molecule has 30 heavy (non-hydrogen) atoms. The Bertz CT molecular complexity index is 847. The number of carbonyl (C=O) groups is 2. The maximum absolute atomic E-state index is 13.1. The van der Waals surface area contributed by atoms with Gasteiger partial charge in [-0.2, -0.15) is 0 Å². The lowest BCUT2D eigenvalue weighted by atomic mass is 9.75. The standard InChI is InChI=1S/C24H29FN2O3/c1-2-21(18-6-4-3-5-7-18)23(29)27-14-12-24(13-15-27,16-22(26)28)17-30-20-10-8-19(25)9-11-20/h3-11,21H,2,12-17H2,1H3,(H2,26,28)/t21-/m1/s1. The molecule has 2 amide bonds. The van der Waals surface area contributed by atoms with Crippen molar-refractivity contribution in [3.63, 3.8) is 0 Å². The number of rotatable bonds is 8. The van der Waals surface area contributed by atoms with Crippen LogP contribution >= 0.6 is 0 Å². The predicted octanol–water partition coefficient (Wildman–Crippen LogP) is 3.88. The van der Waals surface area contributed by atoms with Crippen LogP contribution in [-0.4, -0.2) is 36.4 Å². The molecule has 2 aromatic rings. The number of piperidine rings is 1. The summed E-state index contributed by atoms with van der Waals surface area (Å²) in [5.74, 6) is -0.201. The van der Waals surface area contributed by atoms with Crippen molar-refractivity contribution in [2.45, 2.75) is 38.5 Å². The Morgan fingerprint density at radius 3 is 2.30 bits per heavy atom. The van der Waals surface area contributed by atoms with Crippen LogP contribution in [-0.2, 0) is 9.59 Å². The molecule has 0 aliphatic carbocycles.